The number of aromatic nitrogens is 3. The van der Waals surface area contributed by atoms with Gasteiger partial charge in [-0.1, -0.05) is 24.3 Å². The number of benzene rings is 1. The van der Waals surface area contributed by atoms with Gasteiger partial charge in [0.05, 0.1) is 33.3 Å². The fourth-order valence-corrected chi connectivity index (χ4v) is 4.69. The van der Waals surface area contributed by atoms with Crippen molar-refractivity contribution in [3.63, 3.8) is 0 Å². The standard InChI is InChI=1S/C20H18N4OS2/c1-12-17(14(3)24(23-12)15-8-5-4-6-9-15)22-19(25)18-13(2)21-20(27-18)16-10-7-11-26-16/h4-11H,1-3H3,(H,22,25). The number of para-hydroxylation sites is 1. The molecule has 4 rings (SSSR count). The fourth-order valence-electron chi connectivity index (χ4n) is 2.93. The van der Waals surface area contributed by atoms with Crippen LogP contribution in [0, 0.1) is 20.8 Å². The Morgan fingerprint density at radius 3 is 2.52 bits per heavy atom. The van der Waals surface area contributed by atoms with Gasteiger partial charge in [0.2, 0.25) is 0 Å². The maximum Gasteiger partial charge on any atom is 0.267 e. The summed E-state index contributed by atoms with van der Waals surface area (Å²) in [5, 5.41) is 10.5. The molecule has 4 aromatic rings. The van der Waals surface area contributed by atoms with Gasteiger partial charge in [0.1, 0.15) is 9.88 Å². The largest absolute Gasteiger partial charge is 0.318 e. The van der Waals surface area contributed by atoms with Crippen LogP contribution in [0.3, 0.4) is 0 Å². The summed E-state index contributed by atoms with van der Waals surface area (Å²) in [5.41, 5.74) is 4.13. The molecule has 1 amide bonds. The monoisotopic (exact) mass is 394 g/mol. The lowest BCUT2D eigenvalue weighted by Crippen LogP contribution is -2.13. The average molecular weight is 395 g/mol. The summed E-state index contributed by atoms with van der Waals surface area (Å²) in [7, 11) is 0. The molecule has 7 heteroatoms. The van der Waals surface area contributed by atoms with Crippen LogP contribution in [0.1, 0.15) is 26.8 Å². The van der Waals surface area contributed by atoms with E-state index in [1.165, 1.54) is 11.3 Å². The summed E-state index contributed by atoms with van der Waals surface area (Å²) in [6.45, 7) is 5.73. The Hall–Kier alpha value is -2.77. The number of thiophene rings is 1. The van der Waals surface area contributed by atoms with Gasteiger partial charge < -0.3 is 5.32 Å². The van der Waals surface area contributed by atoms with Crippen molar-refractivity contribution in [3.05, 3.63) is 69.8 Å². The number of aryl methyl sites for hydroxylation is 2. The highest BCUT2D eigenvalue weighted by atomic mass is 32.1. The summed E-state index contributed by atoms with van der Waals surface area (Å²) in [4.78, 5) is 19.2. The van der Waals surface area contributed by atoms with Crippen molar-refractivity contribution < 1.29 is 4.79 Å². The molecule has 3 aromatic heterocycles. The van der Waals surface area contributed by atoms with Gasteiger partial charge in [0.25, 0.3) is 5.91 Å². The highest BCUT2D eigenvalue weighted by Gasteiger charge is 2.20. The third-order valence-corrected chi connectivity index (χ3v) is 6.46. The maximum atomic E-state index is 12.9. The number of amides is 1. The van der Waals surface area contributed by atoms with Crippen molar-refractivity contribution in [2.75, 3.05) is 5.32 Å². The highest BCUT2D eigenvalue weighted by molar-refractivity contribution is 7.22. The predicted octanol–water partition coefficient (Wildman–Crippen LogP) is 5.23. The van der Waals surface area contributed by atoms with Crippen molar-refractivity contribution in [2.24, 2.45) is 0 Å². The number of nitrogens with zero attached hydrogens (tertiary/aromatic N) is 3. The number of carbonyl (C=O) groups is 1. The number of nitrogens with one attached hydrogen (secondary N) is 1. The van der Waals surface area contributed by atoms with E-state index < -0.39 is 0 Å². The summed E-state index contributed by atoms with van der Waals surface area (Å²) >= 11 is 3.04. The number of hydrogen-bond acceptors (Lipinski definition) is 5. The number of rotatable bonds is 4. The van der Waals surface area contributed by atoms with Crippen molar-refractivity contribution >= 4 is 34.3 Å². The van der Waals surface area contributed by atoms with Crippen LogP contribution in [0.4, 0.5) is 5.69 Å². The second-order valence-corrected chi connectivity index (χ2v) is 8.10. The molecule has 0 fully saturated rings. The first kappa shape index (κ1) is 17.6. The van der Waals surface area contributed by atoms with Crippen molar-refractivity contribution in [2.45, 2.75) is 20.8 Å². The van der Waals surface area contributed by atoms with Gasteiger partial charge in [-0.3, -0.25) is 4.79 Å². The molecule has 136 valence electrons. The Morgan fingerprint density at radius 2 is 1.81 bits per heavy atom. The third-order valence-electron chi connectivity index (χ3n) is 4.27. The van der Waals surface area contributed by atoms with E-state index in [-0.39, 0.29) is 5.91 Å². The van der Waals surface area contributed by atoms with Crippen LogP contribution >= 0.6 is 22.7 Å². The Morgan fingerprint density at radius 1 is 1.04 bits per heavy atom. The maximum absolute atomic E-state index is 12.9. The van der Waals surface area contributed by atoms with E-state index in [0.717, 1.165) is 38.3 Å². The van der Waals surface area contributed by atoms with Crippen LogP contribution in [0.15, 0.2) is 47.8 Å². The zero-order valence-corrected chi connectivity index (χ0v) is 16.8. The number of carbonyl (C=O) groups excluding carboxylic acids is 1. The molecule has 1 aromatic carbocycles. The van der Waals surface area contributed by atoms with Gasteiger partial charge in [-0.15, -0.1) is 22.7 Å². The highest BCUT2D eigenvalue weighted by Crippen LogP contribution is 2.32. The Bertz CT molecular complexity index is 1090. The summed E-state index contributed by atoms with van der Waals surface area (Å²) < 4.78 is 1.85. The number of thiazole rings is 1. The van der Waals surface area contributed by atoms with Crippen LogP contribution in [-0.2, 0) is 0 Å². The number of anilines is 1. The van der Waals surface area contributed by atoms with Crippen molar-refractivity contribution in [1.29, 1.82) is 0 Å². The third kappa shape index (κ3) is 3.31. The van der Waals surface area contributed by atoms with Gasteiger partial charge in [0, 0.05) is 0 Å². The Balaban J connectivity index is 1.64. The van der Waals surface area contributed by atoms with E-state index in [9.17, 15) is 4.79 Å². The molecule has 27 heavy (non-hydrogen) atoms. The molecule has 1 N–H and O–H groups in total. The Labute approximate surface area is 165 Å². The van der Waals surface area contributed by atoms with Crippen LogP contribution in [0.5, 0.6) is 0 Å². The zero-order valence-electron chi connectivity index (χ0n) is 15.2. The molecule has 0 saturated carbocycles. The quantitative estimate of drug-likeness (QED) is 0.515. The van der Waals surface area contributed by atoms with E-state index in [2.05, 4.69) is 15.4 Å². The summed E-state index contributed by atoms with van der Waals surface area (Å²) in [6, 6.07) is 13.9. The van der Waals surface area contributed by atoms with Gasteiger partial charge in [-0.25, -0.2) is 9.67 Å². The normalized spacial score (nSPS) is 10.9. The molecule has 0 aliphatic carbocycles. The second-order valence-electron chi connectivity index (χ2n) is 6.16. The van der Waals surface area contributed by atoms with Crippen LogP contribution < -0.4 is 5.32 Å². The van der Waals surface area contributed by atoms with E-state index in [4.69, 9.17) is 0 Å². The molecule has 0 radical (unpaired) electrons. The molecule has 0 aliphatic heterocycles. The first-order chi connectivity index (χ1) is 13.0. The first-order valence-electron chi connectivity index (χ1n) is 8.49. The lowest BCUT2D eigenvalue weighted by atomic mass is 10.2. The minimum absolute atomic E-state index is 0.147. The molecule has 0 spiro atoms. The zero-order chi connectivity index (χ0) is 19.0. The molecule has 0 saturated heterocycles. The van der Waals surface area contributed by atoms with Gasteiger partial charge in [-0.05, 0) is 44.4 Å². The molecule has 0 unspecified atom stereocenters. The van der Waals surface area contributed by atoms with Crippen LogP contribution in [0.25, 0.3) is 15.6 Å². The molecular weight excluding hydrogens is 376 g/mol. The fraction of sp³-hybridized carbons (Fsp3) is 0.150. The van der Waals surface area contributed by atoms with Crippen molar-refractivity contribution in [1.82, 2.24) is 14.8 Å². The van der Waals surface area contributed by atoms with Crippen molar-refractivity contribution in [3.8, 4) is 15.6 Å². The number of hydrogen-bond donors (Lipinski definition) is 1. The van der Waals surface area contributed by atoms with E-state index in [1.54, 1.807) is 11.3 Å². The van der Waals surface area contributed by atoms with Gasteiger partial charge in [-0.2, -0.15) is 5.10 Å². The second kappa shape index (κ2) is 7.09. The predicted molar refractivity (Wildman–Crippen MR) is 111 cm³/mol. The van der Waals surface area contributed by atoms with Crippen LogP contribution in [-0.4, -0.2) is 20.7 Å². The Kier molecular flexibility index (Phi) is 4.63. The molecular formula is C20H18N4OS2. The molecule has 0 bridgehead atoms. The minimum atomic E-state index is -0.147. The SMILES string of the molecule is Cc1nc(-c2cccs2)sc1C(=O)Nc1c(C)nn(-c2ccccc2)c1C. The summed E-state index contributed by atoms with van der Waals surface area (Å²) in [6.07, 6.45) is 0. The summed E-state index contributed by atoms with van der Waals surface area (Å²) in [5.74, 6) is -0.147. The molecule has 3 heterocycles. The lowest BCUT2D eigenvalue weighted by Gasteiger charge is -2.06. The van der Waals surface area contributed by atoms with Gasteiger partial charge >= 0.3 is 0 Å². The van der Waals surface area contributed by atoms with E-state index >= 15 is 0 Å². The van der Waals surface area contributed by atoms with Crippen LogP contribution in [0.2, 0.25) is 0 Å². The molecule has 5 nitrogen and oxygen atoms in total. The van der Waals surface area contributed by atoms with E-state index in [0.29, 0.717) is 4.88 Å². The topological polar surface area (TPSA) is 59.8 Å². The molecule has 0 atom stereocenters. The average Bonchev–Trinajstić information content (AvgIpc) is 3.38. The first-order valence-corrected chi connectivity index (χ1v) is 10.2. The lowest BCUT2D eigenvalue weighted by molar-refractivity contribution is 0.102. The van der Waals surface area contributed by atoms with E-state index in [1.807, 2.05) is 73.3 Å². The smallest absolute Gasteiger partial charge is 0.267 e. The minimum Gasteiger partial charge on any atom is -0.318 e. The molecule has 0 aliphatic rings. The van der Waals surface area contributed by atoms with Gasteiger partial charge in [0.15, 0.2) is 0 Å².